The van der Waals surface area contributed by atoms with Crippen LogP contribution < -0.4 is 0 Å². The fourth-order valence-corrected chi connectivity index (χ4v) is 1.19. The quantitative estimate of drug-likeness (QED) is 0.419. The molecule has 0 bridgehead atoms. The summed E-state index contributed by atoms with van der Waals surface area (Å²) in [5.74, 6) is -1.57. The molecule has 3 unspecified atom stereocenters. The van der Waals surface area contributed by atoms with Crippen molar-refractivity contribution in [3.63, 3.8) is 0 Å². The Labute approximate surface area is 90.8 Å². The zero-order valence-electron chi connectivity index (χ0n) is 6.33. The number of halogens is 4. The summed E-state index contributed by atoms with van der Waals surface area (Å²) in [6.45, 7) is -1.74. The van der Waals surface area contributed by atoms with Gasteiger partial charge in [-0.05, 0) is 0 Å². The normalized spacial score (nSPS) is 18.1. The van der Waals surface area contributed by atoms with Gasteiger partial charge in [-0.2, -0.15) is 8.42 Å². The molecule has 0 amide bonds. The summed E-state index contributed by atoms with van der Waals surface area (Å²) in [5.41, 5.74) is 0. The Hall–Kier alpha value is 0.227. The van der Waals surface area contributed by atoms with Gasteiger partial charge in [-0.25, -0.2) is 17.6 Å². The van der Waals surface area contributed by atoms with Crippen molar-refractivity contribution in [1.82, 2.24) is 0 Å². The molecule has 0 aliphatic rings. The SMILES string of the molecule is O=S(=O)(O)CC(F)C(F)C(F)CF.[LiH]. The molecule has 0 aromatic carbocycles. The third-order valence-electron chi connectivity index (χ3n) is 1.21. The Bertz CT molecular complexity index is 247. The van der Waals surface area contributed by atoms with Gasteiger partial charge in [-0.3, -0.25) is 4.55 Å². The number of rotatable bonds is 5. The van der Waals surface area contributed by atoms with E-state index in [0.717, 1.165) is 0 Å². The molecule has 82 valence electrons. The second kappa shape index (κ2) is 6.66. The van der Waals surface area contributed by atoms with Crippen molar-refractivity contribution < 1.29 is 30.5 Å². The van der Waals surface area contributed by atoms with Crippen LogP contribution in [0.2, 0.25) is 0 Å². The average molecular weight is 232 g/mol. The molecular formula is C5H9F4LiO3S. The fourth-order valence-electron chi connectivity index (χ4n) is 0.605. The van der Waals surface area contributed by atoms with Gasteiger partial charge in [0.25, 0.3) is 10.1 Å². The summed E-state index contributed by atoms with van der Waals surface area (Å²) in [6.07, 6.45) is -8.36. The van der Waals surface area contributed by atoms with Gasteiger partial charge in [0.2, 0.25) is 0 Å². The van der Waals surface area contributed by atoms with E-state index in [9.17, 15) is 26.0 Å². The van der Waals surface area contributed by atoms with E-state index in [1.54, 1.807) is 0 Å². The standard InChI is InChI=1S/C5H8F4O3S.Li.H/c6-1-3(7)5(9)4(8)2-13(10,11)12;;/h3-5H,1-2H2,(H,10,11,12);;. The molecule has 0 fully saturated rings. The minimum absolute atomic E-state index is 0. The van der Waals surface area contributed by atoms with E-state index < -0.39 is 41.1 Å². The van der Waals surface area contributed by atoms with Crippen molar-refractivity contribution in [1.29, 1.82) is 0 Å². The summed E-state index contributed by atoms with van der Waals surface area (Å²) in [4.78, 5) is 0. The molecule has 3 atom stereocenters. The van der Waals surface area contributed by atoms with Crippen LogP contribution in [-0.2, 0) is 10.1 Å². The monoisotopic (exact) mass is 232 g/mol. The molecule has 0 aliphatic carbocycles. The van der Waals surface area contributed by atoms with Crippen LogP contribution in [0.25, 0.3) is 0 Å². The van der Waals surface area contributed by atoms with Gasteiger partial charge in [-0.1, -0.05) is 0 Å². The Morgan fingerprint density at radius 1 is 1.14 bits per heavy atom. The second-order valence-corrected chi connectivity index (χ2v) is 3.88. The zero-order chi connectivity index (χ0) is 10.6. The maximum absolute atomic E-state index is 12.4. The van der Waals surface area contributed by atoms with Crippen LogP contribution in [0.4, 0.5) is 17.6 Å². The van der Waals surface area contributed by atoms with E-state index in [1.165, 1.54) is 0 Å². The first-order valence-electron chi connectivity index (χ1n) is 3.21. The van der Waals surface area contributed by atoms with Crippen molar-refractivity contribution in [3.8, 4) is 0 Å². The van der Waals surface area contributed by atoms with Crippen LogP contribution in [0.15, 0.2) is 0 Å². The van der Waals surface area contributed by atoms with Gasteiger partial charge < -0.3 is 0 Å². The molecule has 0 aromatic heterocycles. The first-order chi connectivity index (χ1) is 5.78. The van der Waals surface area contributed by atoms with Crippen LogP contribution in [-0.4, -0.2) is 62.8 Å². The van der Waals surface area contributed by atoms with Crippen LogP contribution in [0.5, 0.6) is 0 Å². The fraction of sp³-hybridized carbons (Fsp3) is 1.00. The van der Waals surface area contributed by atoms with Gasteiger partial charge in [0.1, 0.15) is 12.4 Å². The molecule has 0 rings (SSSR count). The number of hydrogen-bond acceptors (Lipinski definition) is 2. The summed E-state index contributed by atoms with van der Waals surface area (Å²) in [6, 6.07) is 0. The average Bonchev–Trinajstić information content (AvgIpc) is 1.98. The van der Waals surface area contributed by atoms with E-state index in [4.69, 9.17) is 4.55 Å². The first-order valence-corrected chi connectivity index (χ1v) is 4.82. The molecule has 0 aliphatic heterocycles. The Morgan fingerprint density at radius 2 is 1.57 bits per heavy atom. The molecule has 1 N–H and O–H groups in total. The van der Waals surface area contributed by atoms with Crippen molar-refractivity contribution in [2.75, 3.05) is 12.4 Å². The Balaban J connectivity index is 0. The molecular weight excluding hydrogens is 223 g/mol. The molecule has 0 spiro atoms. The van der Waals surface area contributed by atoms with Crippen molar-refractivity contribution in [2.45, 2.75) is 18.5 Å². The van der Waals surface area contributed by atoms with E-state index in [-0.39, 0.29) is 18.9 Å². The molecule has 14 heavy (non-hydrogen) atoms. The minimum atomic E-state index is -4.71. The summed E-state index contributed by atoms with van der Waals surface area (Å²) < 4.78 is 76.3. The molecule has 3 nitrogen and oxygen atoms in total. The topological polar surface area (TPSA) is 54.4 Å². The Kier molecular flexibility index (Phi) is 7.92. The number of alkyl halides is 4. The van der Waals surface area contributed by atoms with Gasteiger partial charge in [0, 0.05) is 0 Å². The van der Waals surface area contributed by atoms with Crippen LogP contribution in [0, 0.1) is 0 Å². The second-order valence-electron chi connectivity index (χ2n) is 2.38. The van der Waals surface area contributed by atoms with E-state index in [0.29, 0.717) is 0 Å². The zero-order valence-corrected chi connectivity index (χ0v) is 7.15. The molecule has 0 heterocycles. The van der Waals surface area contributed by atoms with E-state index in [1.807, 2.05) is 0 Å². The van der Waals surface area contributed by atoms with Gasteiger partial charge >= 0.3 is 18.9 Å². The summed E-state index contributed by atoms with van der Waals surface area (Å²) >= 11 is 0. The predicted octanol–water partition coefficient (Wildman–Crippen LogP) is 0.210. The predicted molar refractivity (Wildman–Crippen MR) is 44.2 cm³/mol. The van der Waals surface area contributed by atoms with E-state index >= 15 is 0 Å². The van der Waals surface area contributed by atoms with Crippen LogP contribution in [0.3, 0.4) is 0 Å². The summed E-state index contributed by atoms with van der Waals surface area (Å²) in [7, 11) is -4.71. The summed E-state index contributed by atoms with van der Waals surface area (Å²) in [5, 5.41) is 0. The molecule has 0 aromatic rings. The first kappa shape index (κ1) is 16.6. The van der Waals surface area contributed by atoms with Crippen molar-refractivity contribution >= 4 is 29.0 Å². The molecule has 0 saturated heterocycles. The third-order valence-corrected chi connectivity index (χ3v) is 1.95. The molecule has 0 radical (unpaired) electrons. The van der Waals surface area contributed by atoms with Crippen molar-refractivity contribution in [3.05, 3.63) is 0 Å². The van der Waals surface area contributed by atoms with E-state index in [2.05, 4.69) is 0 Å². The third kappa shape index (κ3) is 6.65. The van der Waals surface area contributed by atoms with Gasteiger partial charge in [0.15, 0.2) is 18.5 Å². The molecule has 0 saturated carbocycles. The maximum atomic E-state index is 12.4. The Morgan fingerprint density at radius 3 is 1.86 bits per heavy atom. The van der Waals surface area contributed by atoms with Crippen LogP contribution in [0.1, 0.15) is 0 Å². The van der Waals surface area contributed by atoms with Crippen molar-refractivity contribution in [2.24, 2.45) is 0 Å². The van der Waals surface area contributed by atoms with Crippen LogP contribution >= 0.6 is 0 Å². The van der Waals surface area contributed by atoms with Gasteiger partial charge in [-0.15, -0.1) is 0 Å². The van der Waals surface area contributed by atoms with Gasteiger partial charge in [0.05, 0.1) is 0 Å². The number of hydrogen-bond donors (Lipinski definition) is 1. The molecule has 9 heteroatoms.